The van der Waals surface area contributed by atoms with Crippen LogP contribution in [0.1, 0.15) is 11.1 Å². The normalized spacial score (nSPS) is 13.2. The second-order valence-electron chi connectivity index (χ2n) is 5.68. The van der Waals surface area contributed by atoms with Crippen molar-refractivity contribution in [3.8, 4) is 11.5 Å². The van der Waals surface area contributed by atoms with Crippen LogP contribution in [-0.4, -0.2) is 33.9 Å². The quantitative estimate of drug-likeness (QED) is 0.554. The molecule has 0 spiro atoms. The summed E-state index contributed by atoms with van der Waals surface area (Å²) in [5, 5.41) is 18.5. The van der Waals surface area contributed by atoms with Crippen LogP contribution in [0, 0.1) is 0 Å². The Balaban J connectivity index is 1.95. The Morgan fingerprint density at radius 3 is 1.29 bits per heavy atom. The Kier molecular flexibility index (Phi) is 5.68. The maximum absolute atomic E-state index is 12.2. The molecule has 0 unspecified atom stereocenters. The van der Waals surface area contributed by atoms with E-state index in [1.54, 1.807) is 24.3 Å². The van der Waals surface area contributed by atoms with E-state index in [9.17, 15) is 19.8 Å². The predicted molar refractivity (Wildman–Crippen MR) is 89.6 cm³/mol. The summed E-state index contributed by atoms with van der Waals surface area (Å²) in [5.41, 5.74) is 13.1. The minimum Gasteiger partial charge on any atom is -0.508 e. The van der Waals surface area contributed by atoms with Crippen molar-refractivity contribution in [2.45, 2.75) is 24.9 Å². The Labute approximate surface area is 139 Å². The van der Waals surface area contributed by atoms with Gasteiger partial charge in [0.25, 0.3) is 0 Å². The van der Waals surface area contributed by atoms with Crippen molar-refractivity contribution >= 4 is 11.6 Å². The van der Waals surface area contributed by atoms with Crippen LogP contribution >= 0.6 is 0 Å². The van der Waals surface area contributed by atoms with Crippen LogP contribution < -0.4 is 11.5 Å². The largest absolute Gasteiger partial charge is 0.508 e. The van der Waals surface area contributed by atoms with Crippen LogP contribution in [0.3, 0.4) is 0 Å². The Morgan fingerprint density at radius 2 is 1.00 bits per heavy atom. The number of carbonyl (C=O) groups is 2. The van der Waals surface area contributed by atoms with E-state index in [0.29, 0.717) is 0 Å². The molecule has 0 aliphatic carbocycles. The Hall–Kier alpha value is -2.70. The number of aromatic hydroxyl groups is 2. The molecule has 0 fully saturated rings. The number of carbonyl (C=O) groups excluding carboxylic acids is 2. The molecule has 126 valence electrons. The molecule has 6 heteroatoms. The summed E-state index contributed by atoms with van der Waals surface area (Å²) < 4.78 is 0. The van der Waals surface area contributed by atoms with E-state index in [4.69, 9.17) is 11.5 Å². The third-order valence-electron chi connectivity index (χ3n) is 3.70. The van der Waals surface area contributed by atoms with Gasteiger partial charge in [0.15, 0.2) is 0 Å². The molecule has 2 aromatic rings. The average molecular weight is 328 g/mol. The minimum absolute atomic E-state index is 0.116. The van der Waals surface area contributed by atoms with Gasteiger partial charge < -0.3 is 21.7 Å². The van der Waals surface area contributed by atoms with Crippen molar-refractivity contribution in [3.63, 3.8) is 0 Å². The van der Waals surface area contributed by atoms with Gasteiger partial charge in [-0.2, -0.15) is 0 Å². The first-order chi connectivity index (χ1) is 11.4. The molecule has 2 aromatic carbocycles. The van der Waals surface area contributed by atoms with Gasteiger partial charge in [-0.15, -0.1) is 0 Å². The zero-order chi connectivity index (χ0) is 17.7. The number of hydrogen-bond acceptors (Lipinski definition) is 6. The summed E-state index contributed by atoms with van der Waals surface area (Å²) in [4.78, 5) is 24.3. The van der Waals surface area contributed by atoms with E-state index in [1.807, 2.05) is 0 Å². The summed E-state index contributed by atoms with van der Waals surface area (Å²) in [6.07, 6.45) is 0.383. The van der Waals surface area contributed by atoms with Crippen molar-refractivity contribution in [1.29, 1.82) is 0 Å². The zero-order valence-corrected chi connectivity index (χ0v) is 13.1. The van der Waals surface area contributed by atoms with Gasteiger partial charge in [0.1, 0.15) is 11.5 Å². The van der Waals surface area contributed by atoms with E-state index >= 15 is 0 Å². The van der Waals surface area contributed by atoms with Crippen LogP contribution in [0.15, 0.2) is 48.5 Å². The van der Waals surface area contributed by atoms with Crippen LogP contribution in [-0.2, 0) is 22.4 Å². The van der Waals surface area contributed by atoms with Gasteiger partial charge in [-0.1, -0.05) is 24.3 Å². The standard InChI is InChI=1S/C18H20N2O4/c19-15(9-11-1-5-13(21)6-2-11)17(23)18(24)16(20)10-12-3-7-14(22)8-4-12/h1-8,15-16,21-22H,9-10,19-20H2/t15-,16-/m0/s1. The molecule has 0 saturated heterocycles. The third-order valence-corrected chi connectivity index (χ3v) is 3.70. The highest BCUT2D eigenvalue weighted by atomic mass is 16.3. The molecule has 24 heavy (non-hydrogen) atoms. The number of phenols is 2. The number of phenolic OH excluding ortho intramolecular Hbond substituents is 2. The third kappa shape index (κ3) is 4.65. The molecule has 2 rings (SSSR count). The van der Waals surface area contributed by atoms with Crippen molar-refractivity contribution < 1.29 is 19.8 Å². The fourth-order valence-corrected chi connectivity index (χ4v) is 2.32. The summed E-state index contributed by atoms with van der Waals surface area (Å²) in [5.74, 6) is -1.19. The average Bonchev–Trinajstić information content (AvgIpc) is 2.57. The lowest BCUT2D eigenvalue weighted by Crippen LogP contribution is -2.46. The molecule has 0 amide bonds. The molecule has 0 radical (unpaired) electrons. The summed E-state index contributed by atoms with van der Waals surface area (Å²) in [7, 11) is 0. The first-order valence-electron chi connectivity index (χ1n) is 7.52. The molecule has 0 aromatic heterocycles. The van der Waals surface area contributed by atoms with Gasteiger partial charge in [0.2, 0.25) is 11.6 Å². The summed E-state index contributed by atoms with van der Waals surface area (Å²) in [6.45, 7) is 0. The molecule has 6 N–H and O–H groups in total. The van der Waals surface area contributed by atoms with Crippen LogP contribution in [0.25, 0.3) is 0 Å². The smallest absolute Gasteiger partial charge is 0.217 e. The van der Waals surface area contributed by atoms with Gasteiger partial charge in [0, 0.05) is 0 Å². The van der Waals surface area contributed by atoms with Crippen LogP contribution in [0.4, 0.5) is 0 Å². The molecule has 0 heterocycles. The predicted octanol–water partition coefficient (Wildman–Crippen LogP) is 0.676. The molecule has 0 aliphatic heterocycles. The highest BCUT2D eigenvalue weighted by Gasteiger charge is 2.27. The van der Waals surface area contributed by atoms with E-state index < -0.39 is 23.7 Å². The number of benzene rings is 2. The van der Waals surface area contributed by atoms with Crippen molar-refractivity contribution in [2.75, 3.05) is 0 Å². The second kappa shape index (κ2) is 7.72. The number of rotatable bonds is 7. The van der Waals surface area contributed by atoms with E-state index in [-0.39, 0.29) is 24.3 Å². The Morgan fingerprint density at radius 1 is 0.708 bits per heavy atom. The molecule has 0 saturated carbocycles. The minimum atomic E-state index is -0.979. The molecular weight excluding hydrogens is 308 g/mol. The topological polar surface area (TPSA) is 127 Å². The maximum atomic E-state index is 12.2. The lowest BCUT2D eigenvalue weighted by Gasteiger charge is -2.14. The second-order valence-corrected chi connectivity index (χ2v) is 5.68. The van der Waals surface area contributed by atoms with E-state index in [2.05, 4.69) is 0 Å². The van der Waals surface area contributed by atoms with Gasteiger partial charge in [-0.05, 0) is 48.2 Å². The van der Waals surface area contributed by atoms with E-state index in [0.717, 1.165) is 11.1 Å². The molecule has 0 bridgehead atoms. The fraction of sp³-hybridized carbons (Fsp3) is 0.222. The van der Waals surface area contributed by atoms with Crippen LogP contribution in [0.5, 0.6) is 11.5 Å². The molecule has 0 aliphatic rings. The highest BCUT2D eigenvalue weighted by molar-refractivity contribution is 6.41. The van der Waals surface area contributed by atoms with Gasteiger partial charge in [0.05, 0.1) is 12.1 Å². The summed E-state index contributed by atoms with van der Waals surface area (Å²) >= 11 is 0. The van der Waals surface area contributed by atoms with Gasteiger partial charge in [-0.25, -0.2) is 0 Å². The van der Waals surface area contributed by atoms with Gasteiger partial charge in [-0.3, -0.25) is 9.59 Å². The number of nitrogens with two attached hydrogens (primary N) is 2. The van der Waals surface area contributed by atoms with Crippen LogP contribution in [0.2, 0.25) is 0 Å². The van der Waals surface area contributed by atoms with Crippen molar-refractivity contribution in [1.82, 2.24) is 0 Å². The van der Waals surface area contributed by atoms with Gasteiger partial charge >= 0.3 is 0 Å². The summed E-state index contributed by atoms with van der Waals surface area (Å²) in [6, 6.07) is 10.6. The molecule has 2 atom stereocenters. The Bertz CT molecular complexity index is 647. The lowest BCUT2D eigenvalue weighted by molar-refractivity contribution is -0.138. The molecular formula is C18H20N2O4. The number of Topliss-reactive ketones (excluding diaryl/α,β-unsaturated/α-hetero) is 2. The van der Waals surface area contributed by atoms with E-state index in [1.165, 1.54) is 24.3 Å². The lowest BCUT2D eigenvalue weighted by atomic mass is 9.95. The van der Waals surface area contributed by atoms with Crippen molar-refractivity contribution in [3.05, 3.63) is 59.7 Å². The first kappa shape index (κ1) is 17.7. The zero-order valence-electron chi connectivity index (χ0n) is 13.1. The number of hydrogen-bond donors (Lipinski definition) is 4. The SMILES string of the molecule is N[C@@H](Cc1ccc(O)cc1)C(=O)C(=O)[C@@H](N)Cc1ccc(O)cc1. The first-order valence-corrected chi connectivity index (χ1v) is 7.52. The fourth-order valence-electron chi connectivity index (χ4n) is 2.32. The van der Waals surface area contributed by atoms with Crippen molar-refractivity contribution in [2.24, 2.45) is 11.5 Å². The molecule has 6 nitrogen and oxygen atoms in total. The monoisotopic (exact) mass is 328 g/mol. The maximum Gasteiger partial charge on any atom is 0.217 e. The number of ketones is 2. The highest BCUT2D eigenvalue weighted by Crippen LogP contribution is 2.13.